The van der Waals surface area contributed by atoms with Crippen LogP contribution in [0.15, 0.2) is 48.5 Å². The fraction of sp³-hybridized carbons (Fsp3) is 0.576. The van der Waals surface area contributed by atoms with Crippen LogP contribution in [0.5, 0.6) is 5.75 Å². The Bertz CT molecular complexity index is 1080. The molecule has 1 N–H and O–H groups in total. The van der Waals surface area contributed by atoms with Gasteiger partial charge in [-0.1, -0.05) is 115 Å². The molecule has 0 saturated carbocycles. The van der Waals surface area contributed by atoms with Crippen molar-refractivity contribution in [3.8, 4) is 5.75 Å². The van der Waals surface area contributed by atoms with Crippen LogP contribution in [-0.4, -0.2) is 29.1 Å². The van der Waals surface area contributed by atoms with Gasteiger partial charge in [0.05, 0.1) is 23.7 Å². The van der Waals surface area contributed by atoms with Crippen LogP contribution in [0.2, 0.25) is 0 Å². The summed E-state index contributed by atoms with van der Waals surface area (Å²) >= 11 is 0. The van der Waals surface area contributed by atoms with Crippen molar-refractivity contribution in [2.75, 3.05) is 13.7 Å². The van der Waals surface area contributed by atoms with Crippen LogP contribution < -0.4 is 10.1 Å². The normalized spacial score (nSPS) is 11.2. The zero-order valence-electron chi connectivity index (χ0n) is 23.9. The molecule has 38 heavy (non-hydrogen) atoms. The first-order chi connectivity index (χ1) is 18.7. The topological polar surface area (TPSA) is 56.2 Å². The Labute approximate surface area is 230 Å². The maximum Gasteiger partial charge on any atom is 0.255 e. The summed E-state index contributed by atoms with van der Waals surface area (Å²) in [5.41, 5.74) is 2.78. The van der Waals surface area contributed by atoms with E-state index < -0.39 is 0 Å². The maximum atomic E-state index is 12.7. The number of imidazole rings is 1. The number of rotatable bonds is 20. The van der Waals surface area contributed by atoms with E-state index >= 15 is 0 Å². The summed E-state index contributed by atoms with van der Waals surface area (Å²) in [6, 6.07) is 15.7. The summed E-state index contributed by atoms with van der Waals surface area (Å²) in [4.78, 5) is 17.6. The molecular formula is C33H49N3O2. The highest BCUT2D eigenvalue weighted by Gasteiger charge is 2.13. The number of nitrogens with one attached hydrogen (secondary N) is 1. The van der Waals surface area contributed by atoms with E-state index in [2.05, 4.69) is 35.0 Å². The number of carbonyl (C=O) groups is 1. The van der Waals surface area contributed by atoms with Crippen molar-refractivity contribution in [2.45, 2.75) is 110 Å². The third-order valence-electron chi connectivity index (χ3n) is 7.45. The Morgan fingerprint density at radius 2 is 1.37 bits per heavy atom. The molecule has 5 heteroatoms. The second-order valence-corrected chi connectivity index (χ2v) is 10.5. The van der Waals surface area contributed by atoms with Crippen molar-refractivity contribution in [1.29, 1.82) is 0 Å². The number of amides is 1. The molecule has 0 atom stereocenters. The molecule has 3 aromatic rings. The molecule has 208 valence electrons. The third-order valence-corrected chi connectivity index (χ3v) is 7.45. The Kier molecular flexibility index (Phi) is 13.8. The lowest BCUT2D eigenvalue weighted by atomic mass is 10.0. The van der Waals surface area contributed by atoms with E-state index in [1.165, 1.54) is 95.4 Å². The van der Waals surface area contributed by atoms with Gasteiger partial charge in [-0.15, -0.1) is 0 Å². The summed E-state index contributed by atoms with van der Waals surface area (Å²) < 4.78 is 7.68. The first-order valence-electron chi connectivity index (χ1n) is 15.1. The Balaban J connectivity index is 1.36. The SMILES string of the molecule is CCCCCCCCCCCCCCCCn1c(CCNC(=O)c2ccccc2OC)nc2ccccc21. The Morgan fingerprint density at radius 3 is 2.03 bits per heavy atom. The van der Waals surface area contributed by atoms with E-state index in [-0.39, 0.29) is 5.91 Å². The van der Waals surface area contributed by atoms with Crippen LogP contribution in [0, 0.1) is 0 Å². The van der Waals surface area contributed by atoms with Crippen LogP contribution >= 0.6 is 0 Å². The van der Waals surface area contributed by atoms with Gasteiger partial charge in [0.25, 0.3) is 5.91 Å². The summed E-state index contributed by atoms with van der Waals surface area (Å²) in [7, 11) is 1.59. The zero-order chi connectivity index (χ0) is 26.8. The smallest absolute Gasteiger partial charge is 0.255 e. The fourth-order valence-electron chi connectivity index (χ4n) is 5.25. The van der Waals surface area contributed by atoms with Crippen LogP contribution in [-0.2, 0) is 13.0 Å². The molecule has 0 unspecified atom stereocenters. The monoisotopic (exact) mass is 519 g/mol. The van der Waals surface area contributed by atoms with E-state index in [0.29, 0.717) is 24.3 Å². The van der Waals surface area contributed by atoms with E-state index in [9.17, 15) is 4.79 Å². The second-order valence-electron chi connectivity index (χ2n) is 10.5. The van der Waals surface area contributed by atoms with Crippen molar-refractivity contribution in [3.63, 3.8) is 0 Å². The van der Waals surface area contributed by atoms with E-state index in [0.717, 1.165) is 17.9 Å². The third kappa shape index (κ3) is 9.81. The van der Waals surface area contributed by atoms with E-state index in [1.807, 2.05) is 24.3 Å². The molecule has 1 amide bonds. The number of benzene rings is 2. The quantitative estimate of drug-likeness (QED) is 0.152. The number of methoxy groups -OCH3 is 1. The van der Waals surface area contributed by atoms with Gasteiger partial charge in [0.2, 0.25) is 0 Å². The standard InChI is InChI=1S/C33H49N3O2/c1-3-4-5-6-7-8-9-10-11-12-13-14-15-20-27-36-30-23-18-17-22-29(30)35-32(36)25-26-34-33(37)28-21-16-19-24-31(28)38-2/h16-19,21-24H,3-15,20,25-27H2,1-2H3,(H,34,37). The molecule has 5 nitrogen and oxygen atoms in total. The summed E-state index contributed by atoms with van der Waals surface area (Å²) in [6.45, 7) is 3.81. The molecular weight excluding hydrogens is 470 g/mol. The average molecular weight is 520 g/mol. The first-order valence-corrected chi connectivity index (χ1v) is 15.1. The summed E-state index contributed by atoms with van der Waals surface area (Å²) in [6.07, 6.45) is 19.8. The number of nitrogens with zero attached hydrogens (tertiary/aromatic N) is 2. The van der Waals surface area contributed by atoms with E-state index in [4.69, 9.17) is 9.72 Å². The van der Waals surface area contributed by atoms with Crippen molar-refractivity contribution >= 4 is 16.9 Å². The number of hydrogen-bond acceptors (Lipinski definition) is 3. The predicted octanol–water partition coefficient (Wildman–Crippen LogP) is 8.50. The number of hydrogen-bond donors (Lipinski definition) is 1. The van der Waals surface area contributed by atoms with Crippen molar-refractivity contribution < 1.29 is 9.53 Å². The number of para-hydroxylation sites is 3. The lowest BCUT2D eigenvalue weighted by Crippen LogP contribution is -2.27. The van der Waals surface area contributed by atoms with Gasteiger partial charge in [-0.3, -0.25) is 4.79 Å². The maximum absolute atomic E-state index is 12.7. The van der Waals surface area contributed by atoms with Crippen LogP contribution in [0.1, 0.15) is 113 Å². The minimum Gasteiger partial charge on any atom is -0.496 e. The Hall–Kier alpha value is -2.82. The molecule has 0 aliphatic carbocycles. The van der Waals surface area contributed by atoms with Gasteiger partial charge in [0.15, 0.2) is 0 Å². The largest absolute Gasteiger partial charge is 0.496 e. The van der Waals surface area contributed by atoms with Crippen LogP contribution in [0.3, 0.4) is 0 Å². The number of aromatic nitrogens is 2. The lowest BCUT2D eigenvalue weighted by molar-refractivity contribution is 0.0951. The summed E-state index contributed by atoms with van der Waals surface area (Å²) in [5, 5.41) is 3.04. The molecule has 1 aromatic heterocycles. The number of aryl methyl sites for hydroxylation is 1. The Morgan fingerprint density at radius 1 is 0.789 bits per heavy atom. The molecule has 3 rings (SSSR count). The molecule has 0 aliphatic heterocycles. The van der Waals surface area contributed by atoms with Crippen molar-refractivity contribution in [3.05, 3.63) is 59.9 Å². The number of fused-ring (bicyclic) bond motifs is 1. The number of unbranched alkanes of at least 4 members (excludes halogenated alkanes) is 13. The van der Waals surface area contributed by atoms with Crippen molar-refractivity contribution in [2.24, 2.45) is 0 Å². The number of ether oxygens (including phenoxy) is 1. The van der Waals surface area contributed by atoms with Crippen LogP contribution in [0.4, 0.5) is 0 Å². The molecule has 0 radical (unpaired) electrons. The van der Waals surface area contributed by atoms with Gasteiger partial charge in [0.1, 0.15) is 11.6 Å². The predicted molar refractivity (Wildman–Crippen MR) is 159 cm³/mol. The fourth-order valence-corrected chi connectivity index (χ4v) is 5.25. The molecule has 0 fully saturated rings. The second kappa shape index (κ2) is 17.6. The van der Waals surface area contributed by atoms with Gasteiger partial charge in [-0.2, -0.15) is 0 Å². The minimum atomic E-state index is -0.114. The highest BCUT2D eigenvalue weighted by atomic mass is 16.5. The van der Waals surface area contributed by atoms with E-state index in [1.54, 1.807) is 13.2 Å². The lowest BCUT2D eigenvalue weighted by Gasteiger charge is -2.11. The average Bonchev–Trinajstić information content (AvgIpc) is 3.30. The minimum absolute atomic E-state index is 0.114. The van der Waals surface area contributed by atoms with Gasteiger partial charge in [-0.05, 0) is 30.7 Å². The summed E-state index contributed by atoms with van der Waals surface area (Å²) in [5.74, 6) is 1.52. The molecule has 0 bridgehead atoms. The van der Waals surface area contributed by atoms with Gasteiger partial charge in [0, 0.05) is 19.5 Å². The number of carbonyl (C=O) groups excluding carboxylic acids is 1. The molecule has 0 aliphatic rings. The molecule has 0 saturated heterocycles. The van der Waals surface area contributed by atoms with Crippen LogP contribution in [0.25, 0.3) is 11.0 Å². The highest BCUT2D eigenvalue weighted by Crippen LogP contribution is 2.20. The van der Waals surface area contributed by atoms with Gasteiger partial charge in [-0.25, -0.2) is 4.98 Å². The molecule has 0 spiro atoms. The van der Waals surface area contributed by atoms with Crippen molar-refractivity contribution in [1.82, 2.24) is 14.9 Å². The van der Waals surface area contributed by atoms with Gasteiger partial charge >= 0.3 is 0 Å². The highest BCUT2D eigenvalue weighted by molar-refractivity contribution is 5.96. The first kappa shape index (κ1) is 29.7. The molecule has 2 aromatic carbocycles. The molecule has 1 heterocycles. The van der Waals surface area contributed by atoms with Gasteiger partial charge < -0.3 is 14.6 Å². The zero-order valence-corrected chi connectivity index (χ0v) is 23.9.